The molecule has 0 radical (unpaired) electrons. The van der Waals surface area contributed by atoms with Crippen molar-refractivity contribution in [3.63, 3.8) is 0 Å². The highest BCUT2D eigenvalue weighted by atomic mass is 35.5. The van der Waals surface area contributed by atoms with Crippen molar-refractivity contribution in [2.75, 3.05) is 26.8 Å². The van der Waals surface area contributed by atoms with Crippen molar-refractivity contribution < 1.29 is 19.1 Å². The number of aromatic amines is 1. The van der Waals surface area contributed by atoms with Gasteiger partial charge in [0.15, 0.2) is 6.61 Å². The van der Waals surface area contributed by atoms with Crippen LogP contribution in [0.15, 0.2) is 54.7 Å². The zero-order valence-electron chi connectivity index (χ0n) is 16.2. The number of carbonyl (C=O) groups excluding carboxylic acids is 2. The maximum absolute atomic E-state index is 12.1. The summed E-state index contributed by atoms with van der Waals surface area (Å²) in [5.74, 6) is 0.0125. The van der Waals surface area contributed by atoms with Gasteiger partial charge in [-0.1, -0.05) is 29.8 Å². The Balaban J connectivity index is 1.35. The zero-order valence-corrected chi connectivity index (χ0v) is 16.9. The Labute approximate surface area is 174 Å². The van der Waals surface area contributed by atoms with Crippen molar-refractivity contribution >= 4 is 34.4 Å². The molecule has 1 N–H and O–H groups in total. The molecule has 0 unspecified atom stereocenters. The first-order valence-corrected chi connectivity index (χ1v) is 9.73. The number of aromatic nitrogens is 1. The molecule has 3 aromatic rings. The summed E-state index contributed by atoms with van der Waals surface area (Å²) in [5.41, 5.74) is 2.09. The van der Waals surface area contributed by atoms with Gasteiger partial charge < -0.3 is 19.4 Å². The normalized spacial score (nSPS) is 10.7. The van der Waals surface area contributed by atoms with E-state index >= 15 is 0 Å². The van der Waals surface area contributed by atoms with Gasteiger partial charge in [-0.15, -0.1) is 0 Å². The Bertz CT molecular complexity index is 968. The van der Waals surface area contributed by atoms with Crippen molar-refractivity contribution in [1.82, 2.24) is 9.88 Å². The van der Waals surface area contributed by atoms with Gasteiger partial charge >= 0.3 is 5.97 Å². The molecule has 0 aliphatic heterocycles. The maximum Gasteiger partial charge on any atom is 0.306 e. The van der Waals surface area contributed by atoms with Crippen LogP contribution in [-0.4, -0.2) is 48.6 Å². The second-order valence-electron chi connectivity index (χ2n) is 6.64. The Hall–Kier alpha value is -2.99. The Kier molecular flexibility index (Phi) is 7.14. The van der Waals surface area contributed by atoms with Crippen LogP contribution in [0.4, 0.5) is 0 Å². The lowest BCUT2D eigenvalue weighted by atomic mass is 10.1. The fourth-order valence-corrected chi connectivity index (χ4v) is 2.98. The molecular weight excluding hydrogens is 392 g/mol. The number of hydrogen-bond donors (Lipinski definition) is 1. The van der Waals surface area contributed by atoms with Crippen LogP contribution in [0.3, 0.4) is 0 Å². The lowest BCUT2D eigenvalue weighted by Gasteiger charge is -2.17. The highest BCUT2D eigenvalue weighted by Gasteiger charge is 2.13. The fourth-order valence-electron chi connectivity index (χ4n) is 2.86. The summed E-state index contributed by atoms with van der Waals surface area (Å²) in [7, 11) is 1.65. The van der Waals surface area contributed by atoms with E-state index in [-0.39, 0.29) is 18.9 Å². The number of para-hydroxylation sites is 1. The molecule has 29 heavy (non-hydrogen) atoms. The number of fused-ring (bicyclic) bond motifs is 1. The minimum atomic E-state index is -0.394. The minimum Gasteiger partial charge on any atom is -0.492 e. The van der Waals surface area contributed by atoms with E-state index in [4.69, 9.17) is 21.1 Å². The number of esters is 1. The maximum atomic E-state index is 12.1. The molecule has 0 fully saturated rings. The van der Waals surface area contributed by atoms with Crippen molar-refractivity contribution in [2.24, 2.45) is 0 Å². The monoisotopic (exact) mass is 414 g/mol. The van der Waals surface area contributed by atoms with Gasteiger partial charge in [0.1, 0.15) is 12.4 Å². The van der Waals surface area contributed by atoms with Crippen LogP contribution in [0, 0.1) is 0 Å². The van der Waals surface area contributed by atoms with E-state index in [2.05, 4.69) is 4.98 Å². The number of carbonyl (C=O) groups is 2. The van der Waals surface area contributed by atoms with Crippen molar-refractivity contribution in [2.45, 2.75) is 12.8 Å². The van der Waals surface area contributed by atoms with E-state index in [1.807, 2.05) is 30.5 Å². The third-order valence-electron chi connectivity index (χ3n) is 4.56. The highest BCUT2D eigenvalue weighted by molar-refractivity contribution is 6.30. The molecule has 0 atom stereocenters. The number of nitrogens with zero attached hydrogens (tertiary/aromatic N) is 1. The molecule has 0 saturated heterocycles. The first kappa shape index (κ1) is 20.7. The van der Waals surface area contributed by atoms with Crippen LogP contribution in [0.5, 0.6) is 5.75 Å². The first-order valence-electron chi connectivity index (χ1n) is 9.36. The van der Waals surface area contributed by atoms with Crippen LogP contribution >= 0.6 is 11.6 Å². The molecule has 0 aliphatic rings. The predicted molar refractivity (Wildman–Crippen MR) is 112 cm³/mol. The van der Waals surface area contributed by atoms with Crippen molar-refractivity contribution in [3.8, 4) is 5.75 Å². The standard InChI is InChI=1S/C22H23ClN2O4/c1-25(12-13-28-18-9-7-17(23)8-10-18)21(26)15-29-22(27)11-6-16-14-24-20-5-3-2-4-19(16)20/h2-5,7-10,14,24H,6,11-13,15H2,1H3. The predicted octanol–water partition coefficient (Wildman–Crippen LogP) is 3.83. The van der Waals surface area contributed by atoms with Gasteiger partial charge in [0.2, 0.25) is 0 Å². The van der Waals surface area contributed by atoms with Gasteiger partial charge in [-0.3, -0.25) is 9.59 Å². The topological polar surface area (TPSA) is 71.6 Å². The molecular formula is C22H23ClN2O4. The van der Waals surface area contributed by atoms with Crippen molar-refractivity contribution in [1.29, 1.82) is 0 Å². The quantitative estimate of drug-likeness (QED) is 0.540. The number of H-pyrrole nitrogens is 1. The fraction of sp³-hybridized carbons (Fsp3) is 0.273. The average molecular weight is 415 g/mol. The van der Waals surface area contributed by atoms with E-state index < -0.39 is 5.97 Å². The van der Waals surface area contributed by atoms with E-state index in [1.165, 1.54) is 4.90 Å². The van der Waals surface area contributed by atoms with Gasteiger partial charge in [-0.25, -0.2) is 0 Å². The van der Waals surface area contributed by atoms with Crippen LogP contribution in [0.25, 0.3) is 10.9 Å². The van der Waals surface area contributed by atoms with Gasteiger partial charge in [0.05, 0.1) is 6.54 Å². The second kappa shape index (κ2) is 9.98. The summed E-state index contributed by atoms with van der Waals surface area (Å²) in [4.78, 5) is 28.8. The van der Waals surface area contributed by atoms with Gasteiger partial charge in [0.25, 0.3) is 5.91 Å². The van der Waals surface area contributed by atoms with Crippen LogP contribution in [0.1, 0.15) is 12.0 Å². The van der Waals surface area contributed by atoms with Gasteiger partial charge in [0, 0.05) is 35.6 Å². The van der Waals surface area contributed by atoms with Crippen molar-refractivity contribution in [3.05, 3.63) is 65.3 Å². The summed E-state index contributed by atoms with van der Waals surface area (Å²) in [5, 5.41) is 1.73. The molecule has 0 spiro atoms. The van der Waals surface area contributed by atoms with Gasteiger partial charge in [-0.05, 0) is 42.3 Å². The lowest BCUT2D eigenvalue weighted by molar-refractivity contribution is -0.151. The molecule has 0 saturated carbocycles. The number of likely N-dealkylation sites (N-methyl/N-ethyl adjacent to an activating group) is 1. The Morgan fingerprint density at radius 1 is 1.10 bits per heavy atom. The molecule has 0 aliphatic carbocycles. The molecule has 1 heterocycles. The van der Waals surface area contributed by atoms with E-state index in [0.717, 1.165) is 16.5 Å². The third kappa shape index (κ3) is 5.99. The number of amides is 1. The highest BCUT2D eigenvalue weighted by Crippen LogP contribution is 2.19. The SMILES string of the molecule is CN(CCOc1ccc(Cl)cc1)C(=O)COC(=O)CCc1c[nH]c2ccccc12. The molecule has 1 amide bonds. The number of aryl methyl sites for hydroxylation is 1. The minimum absolute atomic E-state index is 0.221. The molecule has 2 aromatic carbocycles. The van der Waals surface area contributed by atoms with E-state index in [9.17, 15) is 9.59 Å². The lowest BCUT2D eigenvalue weighted by Crippen LogP contribution is -2.34. The molecule has 7 heteroatoms. The molecule has 6 nitrogen and oxygen atoms in total. The van der Waals surface area contributed by atoms with E-state index in [1.54, 1.807) is 31.3 Å². The molecule has 3 rings (SSSR count). The summed E-state index contributed by atoms with van der Waals surface area (Å²) >= 11 is 5.82. The largest absolute Gasteiger partial charge is 0.492 e. The first-order chi connectivity index (χ1) is 14.0. The number of hydrogen-bond acceptors (Lipinski definition) is 4. The van der Waals surface area contributed by atoms with Crippen LogP contribution < -0.4 is 4.74 Å². The third-order valence-corrected chi connectivity index (χ3v) is 4.82. The number of rotatable bonds is 9. The van der Waals surface area contributed by atoms with Crippen LogP contribution in [-0.2, 0) is 20.7 Å². The summed E-state index contributed by atoms with van der Waals surface area (Å²) in [6, 6.07) is 14.9. The number of benzene rings is 2. The summed E-state index contributed by atoms with van der Waals surface area (Å²) < 4.78 is 10.7. The molecule has 0 bridgehead atoms. The van der Waals surface area contributed by atoms with Gasteiger partial charge in [-0.2, -0.15) is 0 Å². The van der Waals surface area contributed by atoms with Crippen LogP contribution in [0.2, 0.25) is 5.02 Å². The van der Waals surface area contributed by atoms with E-state index in [0.29, 0.717) is 30.3 Å². The molecule has 1 aromatic heterocycles. The zero-order chi connectivity index (χ0) is 20.6. The molecule has 152 valence electrons. The number of ether oxygens (including phenoxy) is 2. The summed E-state index contributed by atoms with van der Waals surface area (Å²) in [6.07, 6.45) is 2.68. The average Bonchev–Trinajstić information content (AvgIpc) is 3.15. The number of halogens is 1. The number of nitrogens with one attached hydrogen (secondary N) is 1. The summed E-state index contributed by atoms with van der Waals surface area (Å²) in [6.45, 7) is 0.441. The Morgan fingerprint density at radius 3 is 2.66 bits per heavy atom. The Morgan fingerprint density at radius 2 is 1.86 bits per heavy atom. The second-order valence-corrected chi connectivity index (χ2v) is 7.07. The smallest absolute Gasteiger partial charge is 0.306 e.